The lowest BCUT2D eigenvalue weighted by Gasteiger charge is -2.19. The Bertz CT molecular complexity index is 1630. The van der Waals surface area contributed by atoms with E-state index in [1.54, 1.807) is 0 Å². The van der Waals surface area contributed by atoms with Crippen molar-refractivity contribution >= 4 is 26.0 Å². The van der Waals surface area contributed by atoms with Gasteiger partial charge >= 0.3 is 0 Å². The Hall–Kier alpha value is -2.95. The van der Waals surface area contributed by atoms with Crippen molar-refractivity contribution in [2.45, 2.75) is 217 Å². The maximum absolute atomic E-state index is 13.4. The number of hydrogen-bond donors (Lipinski definition) is 4. The van der Waals surface area contributed by atoms with Crippen LogP contribution in [-0.4, -0.2) is 59.2 Å². The van der Waals surface area contributed by atoms with Gasteiger partial charge in [-0.1, -0.05) is 193 Å². The van der Waals surface area contributed by atoms with E-state index in [0.29, 0.717) is 24.7 Å². The first-order valence-corrected chi connectivity index (χ1v) is 27.9. The fraction of sp³-hybridized carbons (Fsp3) is 0.745. The third-order valence-corrected chi connectivity index (χ3v) is 14.5. The van der Waals surface area contributed by atoms with Crippen LogP contribution in [0.5, 0.6) is 23.0 Å². The van der Waals surface area contributed by atoms with E-state index in [4.69, 9.17) is 18.9 Å². The van der Waals surface area contributed by atoms with Gasteiger partial charge in [-0.05, 0) is 48.2 Å². The SMILES string of the molecule is CCCCCCCCCCCCCCCCOc1ccc(C(CC(=O)CC(c2ccc(OCCCCCCCCCCCCCCCC)c(OC)c2)S(=O)(=O)O)S(=O)(=O)O)cc1OC.N.N. The molecule has 0 saturated carbocycles. The van der Waals surface area contributed by atoms with E-state index in [0.717, 1.165) is 38.5 Å². The quantitative estimate of drug-likeness (QED) is 0.0358. The molecule has 0 radical (unpaired) electrons. The van der Waals surface area contributed by atoms with E-state index in [2.05, 4.69) is 13.8 Å². The highest BCUT2D eigenvalue weighted by Crippen LogP contribution is 2.38. The summed E-state index contributed by atoms with van der Waals surface area (Å²) < 4.78 is 93.9. The van der Waals surface area contributed by atoms with Crippen LogP contribution in [0.25, 0.3) is 0 Å². The van der Waals surface area contributed by atoms with Crippen LogP contribution in [0, 0.1) is 0 Å². The van der Waals surface area contributed by atoms with E-state index in [1.165, 1.54) is 192 Å². The van der Waals surface area contributed by atoms with Gasteiger partial charge in [0, 0.05) is 12.8 Å². The van der Waals surface area contributed by atoms with Crippen molar-refractivity contribution in [3.8, 4) is 23.0 Å². The molecule has 0 aliphatic rings. The normalized spacial score (nSPS) is 12.5. The Balaban J connectivity index is 0.0000211. The number of benzene rings is 2. The van der Waals surface area contributed by atoms with Crippen molar-refractivity contribution in [1.29, 1.82) is 0 Å². The van der Waals surface area contributed by atoms with E-state index >= 15 is 0 Å². The van der Waals surface area contributed by atoms with Gasteiger partial charge in [0.15, 0.2) is 23.0 Å². The molecule has 0 aliphatic heterocycles. The highest BCUT2D eigenvalue weighted by Gasteiger charge is 2.34. The maximum atomic E-state index is 13.4. The highest BCUT2D eigenvalue weighted by molar-refractivity contribution is 7.86. The number of ether oxygens (including phenoxy) is 4. The largest absolute Gasteiger partial charge is 0.493 e. The number of carbonyl (C=O) groups excluding carboxylic acids is 1. The second kappa shape index (κ2) is 38.0. The fourth-order valence-electron chi connectivity index (χ4n) is 8.25. The van der Waals surface area contributed by atoms with Crippen molar-refractivity contribution in [1.82, 2.24) is 12.3 Å². The summed E-state index contributed by atoms with van der Waals surface area (Å²) in [5.74, 6) is 0.457. The average molecular weight is 973 g/mol. The molecular weight excluding hydrogens is 881 g/mol. The Morgan fingerprint density at radius 3 is 0.939 bits per heavy atom. The van der Waals surface area contributed by atoms with Gasteiger partial charge in [0.2, 0.25) is 0 Å². The zero-order chi connectivity index (χ0) is 46.9. The minimum absolute atomic E-state index is 0. The zero-order valence-corrected chi connectivity index (χ0v) is 43.2. The first kappa shape index (κ1) is 63.0. The summed E-state index contributed by atoms with van der Waals surface area (Å²) in [7, 11) is -6.86. The molecule has 2 atom stereocenters. The third kappa shape index (κ3) is 27.8. The first-order chi connectivity index (χ1) is 30.8. The molecule has 66 heavy (non-hydrogen) atoms. The van der Waals surface area contributed by atoms with Crippen molar-refractivity contribution < 1.29 is 49.7 Å². The molecule has 0 spiro atoms. The van der Waals surface area contributed by atoms with Crippen LogP contribution in [0.1, 0.15) is 228 Å². The number of unbranched alkanes of at least 4 members (excludes halogenated alkanes) is 26. The molecule has 0 fully saturated rings. The minimum atomic E-state index is -4.84. The number of Topliss-reactive ketones (excluding diaryl/α,β-unsaturated/α-hetero) is 1. The molecule has 384 valence electrons. The monoisotopic (exact) mass is 973 g/mol. The fourth-order valence-corrected chi connectivity index (χ4v) is 10.0. The predicted octanol–water partition coefficient (Wildman–Crippen LogP) is 14.7. The topological polar surface area (TPSA) is 233 Å². The average Bonchev–Trinajstić information content (AvgIpc) is 3.26. The van der Waals surface area contributed by atoms with E-state index in [9.17, 15) is 30.7 Å². The molecular formula is C51H92N2O11S2. The standard InChI is InChI=1S/C51H86O11S2.2H3N/c1-5-7-9-11-13-15-17-19-21-23-25-27-29-31-37-61-46-35-33-43(39-48(46)59-3)50(63(53,54)55)41-45(52)42-51(64(56,57)58)44-34-36-47(49(40-44)60-4)62-38-32-30-28-26-24-22-20-18-16-14-12-10-8-6-2;;/h33-36,39-40,50-51H,5-32,37-38,41-42H2,1-4H3,(H,53,54,55)(H,56,57,58);2*1H3. The smallest absolute Gasteiger partial charge is 0.272 e. The van der Waals surface area contributed by atoms with Crippen molar-refractivity contribution in [3.05, 3.63) is 47.5 Å². The first-order valence-electron chi connectivity index (χ1n) is 24.9. The summed E-state index contributed by atoms with van der Waals surface area (Å²) >= 11 is 0. The molecule has 2 aromatic rings. The predicted molar refractivity (Wildman–Crippen MR) is 270 cm³/mol. The molecule has 0 saturated heterocycles. The van der Waals surface area contributed by atoms with Crippen molar-refractivity contribution in [2.75, 3.05) is 27.4 Å². The molecule has 0 heterocycles. The lowest BCUT2D eigenvalue weighted by Crippen LogP contribution is -2.21. The number of carbonyl (C=O) groups is 1. The number of hydrogen-bond acceptors (Lipinski definition) is 11. The summed E-state index contributed by atoms with van der Waals surface area (Å²) in [5.41, 5.74) is 0.142. The molecule has 15 heteroatoms. The molecule has 2 unspecified atom stereocenters. The van der Waals surface area contributed by atoms with E-state index in [1.807, 2.05) is 0 Å². The van der Waals surface area contributed by atoms with Crippen LogP contribution in [-0.2, 0) is 25.0 Å². The Kier molecular flexibility index (Phi) is 36.3. The van der Waals surface area contributed by atoms with Gasteiger partial charge in [-0.15, -0.1) is 0 Å². The van der Waals surface area contributed by atoms with Gasteiger partial charge in [-0.2, -0.15) is 16.8 Å². The van der Waals surface area contributed by atoms with Crippen LogP contribution in [0.4, 0.5) is 0 Å². The second-order valence-corrected chi connectivity index (χ2v) is 20.9. The number of rotatable bonds is 42. The van der Waals surface area contributed by atoms with E-state index in [-0.39, 0.29) is 34.9 Å². The Morgan fingerprint density at radius 1 is 0.439 bits per heavy atom. The van der Waals surface area contributed by atoms with Gasteiger partial charge < -0.3 is 31.2 Å². The summed E-state index contributed by atoms with van der Waals surface area (Å²) in [5, 5.41) is -3.42. The van der Waals surface area contributed by atoms with Gasteiger partial charge in [0.05, 0.1) is 27.4 Å². The maximum Gasteiger partial charge on any atom is 0.272 e. The van der Waals surface area contributed by atoms with Crippen LogP contribution in [0.15, 0.2) is 36.4 Å². The van der Waals surface area contributed by atoms with Crippen molar-refractivity contribution in [3.63, 3.8) is 0 Å². The number of methoxy groups -OCH3 is 2. The van der Waals surface area contributed by atoms with Gasteiger partial charge in [-0.3, -0.25) is 13.9 Å². The molecule has 2 rings (SSSR count). The lowest BCUT2D eigenvalue weighted by atomic mass is 10.0. The number of ketones is 1. The summed E-state index contributed by atoms with van der Waals surface area (Å²) in [6.07, 6.45) is 33.4. The van der Waals surface area contributed by atoms with Crippen LogP contribution in [0.3, 0.4) is 0 Å². The van der Waals surface area contributed by atoms with Gasteiger partial charge in [0.1, 0.15) is 16.3 Å². The van der Waals surface area contributed by atoms with Gasteiger partial charge in [-0.25, -0.2) is 0 Å². The molecule has 0 aromatic heterocycles. The third-order valence-electron chi connectivity index (χ3n) is 12.2. The Morgan fingerprint density at radius 2 is 0.697 bits per heavy atom. The van der Waals surface area contributed by atoms with Crippen LogP contribution in [0.2, 0.25) is 0 Å². The zero-order valence-electron chi connectivity index (χ0n) is 41.5. The second-order valence-electron chi connectivity index (χ2n) is 17.7. The molecule has 0 aliphatic carbocycles. The molecule has 0 bridgehead atoms. The molecule has 2 aromatic carbocycles. The van der Waals surface area contributed by atoms with Gasteiger partial charge in [0.25, 0.3) is 20.2 Å². The molecule has 0 amide bonds. The van der Waals surface area contributed by atoms with E-state index < -0.39 is 49.4 Å². The Labute approximate surface area is 401 Å². The molecule has 13 nitrogen and oxygen atoms in total. The van der Waals surface area contributed by atoms with Crippen LogP contribution >= 0.6 is 0 Å². The summed E-state index contributed by atoms with van der Waals surface area (Å²) in [6.45, 7) is 5.39. The van der Waals surface area contributed by atoms with Crippen molar-refractivity contribution in [2.24, 2.45) is 0 Å². The minimum Gasteiger partial charge on any atom is -0.493 e. The molecule has 8 N–H and O–H groups in total. The highest BCUT2D eigenvalue weighted by atomic mass is 32.2. The summed E-state index contributed by atoms with van der Waals surface area (Å²) in [4.78, 5) is 13.4. The summed E-state index contributed by atoms with van der Waals surface area (Å²) in [6, 6.07) is 8.76. The van der Waals surface area contributed by atoms with Crippen LogP contribution < -0.4 is 31.2 Å². The lowest BCUT2D eigenvalue weighted by molar-refractivity contribution is -0.119.